The predicted molar refractivity (Wildman–Crippen MR) is 74.9 cm³/mol. The first-order valence-corrected chi connectivity index (χ1v) is 6.98. The van der Waals surface area contributed by atoms with Crippen LogP contribution in [0.4, 0.5) is 0 Å². The van der Waals surface area contributed by atoms with Gasteiger partial charge in [0.05, 0.1) is 6.54 Å². The van der Waals surface area contributed by atoms with E-state index >= 15 is 0 Å². The zero-order valence-electron chi connectivity index (χ0n) is 11.3. The van der Waals surface area contributed by atoms with E-state index in [0.717, 1.165) is 19.0 Å². The largest absolute Gasteiger partial charge is 0.308 e. The third-order valence-electron chi connectivity index (χ3n) is 3.72. The molecule has 0 spiro atoms. The fourth-order valence-electron chi connectivity index (χ4n) is 2.36. The van der Waals surface area contributed by atoms with E-state index < -0.39 is 0 Å². The number of nitrogens with one attached hydrogen (secondary N) is 1. The summed E-state index contributed by atoms with van der Waals surface area (Å²) in [6.45, 7) is 3.97. The van der Waals surface area contributed by atoms with Crippen molar-refractivity contribution in [2.24, 2.45) is 0 Å². The highest BCUT2D eigenvalue weighted by Crippen LogP contribution is 2.40. The highest BCUT2D eigenvalue weighted by atomic mass is 15.3. The standard InChI is InChI=1S/C15H20N4/c1-12(17-7-8-19-11-16-10-18-19)14-3-2-4-15(9-14)13-5-6-13/h2-4,9-13,17H,5-8H2,1H3/t12-/m0/s1. The second-order valence-corrected chi connectivity index (χ2v) is 5.28. The summed E-state index contributed by atoms with van der Waals surface area (Å²) in [5.74, 6) is 0.822. The van der Waals surface area contributed by atoms with E-state index in [9.17, 15) is 0 Å². The Hall–Kier alpha value is -1.68. The molecule has 1 heterocycles. The molecule has 19 heavy (non-hydrogen) atoms. The molecular formula is C15H20N4. The van der Waals surface area contributed by atoms with E-state index in [2.05, 4.69) is 46.6 Å². The second-order valence-electron chi connectivity index (χ2n) is 5.28. The Labute approximate surface area is 113 Å². The first-order chi connectivity index (χ1) is 9.33. The van der Waals surface area contributed by atoms with Crippen LogP contribution in [0.25, 0.3) is 0 Å². The van der Waals surface area contributed by atoms with Gasteiger partial charge in [-0.05, 0) is 36.8 Å². The number of rotatable bonds is 6. The number of hydrogen-bond acceptors (Lipinski definition) is 3. The summed E-state index contributed by atoms with van der Waals surface area (Å²) in [4.78, 5) is 3.94. The molecule has 1 saturated carbocycles. The lowest BCUT2D eigenvalue weighted by atomic mass is 10.0. The van der Waals surface area contributed by atoms with Crippen LogP contribution in [0.15, 0.2) is 36.9 Å². The minimum absolute atomic E-state index is 0.377. The van der Waals surface area contributed by atoms with Crippen molar-refractivity contribution >= 4 is 0 Å². The van der Waals surface area contributed by atoms with Gasteiger partial charge in [0.25, 0.3) is 0 Å². The van der Waals surface area contributed by atoms with Gasteiger partial charge < -0.3 is 5.32 Å². The molecule has 4 heteroatoms. The molecule has 1 aliphatic rings. The highest BCUT2D eigenvalue weighted by Gasteiger charge is 2.23. The molecule has 1 N–H and O–H groups in total. The van der Waals surface area contributed by atoms with Gasteiger partial charge in [-0.1, -0.05) is 24.3 Å². The van der Waals surface area contributed by atoms with Gasteiger partial charge in [0, 0.05) is 12.6 Å². The Morgan fingerprint density at radius 1 is 1.42 bits per heavy atom. The minimum atomic E-state index is 0.377. The zero-order chi connectivity index (χ0) is 13.1. The molecule has 1 fully saturated rings. The monoisotopic (exact) mass is 256 g/mol. The molecule has 100 valence electrons. The van der Waals surface area contributed by atoms with E-state index in [1.807, 2.05) is 4.68 Å². The third kappa shape index (κ3) is 3.20. The van der Waals surface area contributed by atoms with E-state index in [1.54, 1.807) is 12.7 Å². The SMILES string of the molecule is C[C@H](NCCn1cncn1)c1cccc(C2CC2)c1. The first-order valence-electron chi connectivity index (χ1n) is 6.98. The second kappa shape index (κ2) is 5.53. The van der Waals surface area contributed by atoms with Gasteiger partial charge >= 0.3 is 0 Å². The van der Waals surface area contributed by atoms with Crippen molar-refractivity contribution in [3.05, 3.63) is 48.0 Å². The van der Waals surface area contributed by atoms with Crippen molar-refractivity contribution in [3.63, 3.8) is 0 Å². The average Bonchev–Trinajstić information content (AvgIpc) is 3.17. The van der Waals surface area contributed by atoms with E-state index in [1.165, 1.54) is 24.0 Å². The number of aromatic nitrogens is 3. The van der Waals surface area contributed by atoms with Gasteiger partial charge in [-0.25, -0.2) is 4.98 Å². The van der Waals surface area contributed by atoms with E-state index in [0.29, 0.717) is 6.04 Å². The molecule has 1 aliphatic carbocycles. The molecular weight excluding hydrogens is 236 g/mol. The summed E-state index contributed by atoms with van der Waals surface area (Å²) in [5.41, 5.74) is 2.88. The Morgan fingerprint density at radius 2 is 2.32 bits per heavy atom. The van der Waals surface area contributed by atoms with Crippen LogP contribution in [-0.4, -0.2) is 21.3 Å². The van der Waals surface area contributed by atoms with E-state index in [-0.39, 0.29) is 0 Å². The summed E-state index contributed by atoms with van der Waals surface area (Å²) in [6.07, 6.45) is 6.04. The summed E-state index contributed by atoms with van der Waals surface area (Å²) in [6, 6.07) is 9.37. The van der Waals surface area contributed by atoms with Crippen molar-refractivity contribution < 1.29 is 0 Å². The topological polar surface area (TPSA) is 42.7 Å². The number of hydrogen-bond donors (Lipinski definition) is 1. The van der Waals surface area contributed by atoms with Crippen LogP contribution in [-0.2, 0) is 6.54 Å². The van der Waals surface area contributed by atoms with Crippen molar-refractivity contribution in [2.75, 3.05) is 6.54 Å². The normalized spacial score (nSPS) is 16.5. The fourth-order valence-corrected chi connectivity index (χ4v) is 2.36. The lowest BCUT2D eigenvalue weighted by Crippen LogP contribution is -2.23. The van der Waals surface area contributed by atoms with Crippen LogP contribution in [0.3, 0.4) is 0 Å². The average molecular weight is 256 g/mol. The highest BCUT2D eigenvalue weighted by molar-refractivity contribution is 5.30. The Bertz CT molecular complexity index is 517. The third-order valence-corrected chi connectivity index (χ3v) is 3.72. The van der Waals surface area contributed by atoms with Crippen molar-refractivity contribution in [2.45, 2.75) is 38.3 Å². The molecule has 0 saturated heterocycles. The van der Waals surface area contributed by atoms with E-state index in [4.69, 9.17) is 0 Å². The molecule has 0 aliphatic heterocycles. The Kier molecular flexibility index (Phi) is 3.60. The summed E-state index contributed by atoms with van der Waals surface area (Å²) >= 11 is 0. The van der Waals surface area contributed by atoms with Crippen LogP contribution >= 0.6 is 0 Å². The molecule has 3 rings (SSSR count). The maximum atomic E-state index is 4.10. The molecule has 1 aromatic heterocycles. The zero-order valence-corrected chi connectivity index (χ0v) is 11.3. The summed E-state index contributed by atoms with van der Waals surface area (Å²) in [7, 11) is 0. The van der Waals surface area contributed by atoms with Gasteiger partial charge in [0.1, 0.15) is 12.7 Å². The number of benzene rings is 1. The maximum Gasteiger partial charge on any atom is 0.137 e. The van der Waals surface area contributed by atoms with Crippen LogP contribution in [0.2, 0.25) is 0 Å². The summed E-state index contributed by atoms with van der Waals surface area (Å²) in [5, 5.41) is 7.63. The van der Waals surface area contributed by atoms with Gasteiger partial charge in [0.2, 0.25) is 0 Å². The quantitative estimate of drug-likeness (QED) is 0.863. The molecule has 4 nitrogen and oxygen atoms in total. The molecule has 0 radical (unpaired) electrons. The van der Waals surface area contributed by atoms with Gasteiger partial charge in [-0.2, -0.15) is 5.10 Å². The van der Waals surface area contributed by atoms with Crippen molar-refractivity contribution in [1.82, 2.24) is 20.1 Å². The lowest BCUT2D eigenvalue weighted by Gasteiger charge is -2.15. The summed E-state index contributed by atoms with van der Waals surface area (Å²) < 4.78 is 1.85. The Morgan fingerprint density at radius 3 is 3.05 bits per heavy atom. The molecule has 2 aromatic rings. The van der Waals surface area contributed by atoms with Gasteiger partial charge in [0.15, 0.2) is 0 Å². The molecule has 0 bridgehead atoms. The minimum Gasteiger partial charge on any atom is -0.308 e. The van der Waals surface area contributed by atoms with Crippen molar-refractivity contribution in [1.29, 1.82) is 0 Å². The smallest absolute Gasteiger partial charge is 0.137 e. The first kappa shape index (κ1) is 12.4. The molecule has 0 amide bonds. The Balaban J connectivity index is 1.54. The molecule has 1 aromatic carbocycles. The van der Waals surface area contributed by atoms with Crippen LogP contribution in [0.5, 0.6) is 0 Å². The molecule has 0 unspecified atom stereocenters. The van der Waals surface area contributed by atoms with Gasteiger partial charge in [-0.3, -0.25) is 4.68 Å². The lowest BCUT2D eigenvalue weighted by molar-refractivity contribution is 0.506. The van der Waals surface area contributed by atoms with Crippen molar-refractivity contribution in [3.8, 4) is 0 Å². The van der Waals surface area contributed by atoms with Crippen LogP contribution < -0.4 is 5.32 Å². The number of nitrogens with zero attached hydrogens (tertiary/aromatic N) is 3. The van der Waals surface area contributed by atoms with Gasteiger partial charge in [-0.15, -0.1) is 0 Å². The maximum absolute atomic E-state index is 4.10. The molecule has 1 atom stereocenters. The fraction of sp³-hybridized carbons (Fsp3) is 0.467. The van der Waals surface area contributed by atoms with Crippen LogP contribution in [0.1, 0.15) is 42.9 Å². The predicted octanol–water partition coefficient (Wildman–Crippen LogP) is 2.51. The van der Waals surface area contributed by atoms with Crippen LogP contribution in [0, 0.1) is 0 Å².